The summed E-state index contributed by atoms with van der Waals surface area (Å²) in [7, 11) is 0. The van der Waals surface area contributed by atoms with Crippen molar-refractivity contribution in [2.24, 2.45) is 10.9 Å². The Labute approximate surface area is 172 Å². The number of aromatic nitrogens is 1. The number of unbranched alkanes of at least 4 members (excludes halogenated alkanes) is 1. The van der Waals surface area contributed by atoms with E-state index >= 15 is 0 Å². The molecule has 1 fully saturated rings. The number of halogens is 1. The van der Waals surface area contributed by atoms with E-state index in [9.17, 15) is 4.39 Å². The number of nitrogens with zero attached hydrogens (tertiary/aromatic N) is 2. The lowest BCUT2D eigenvalue weighted by Gasteiger charge is -2.28. The van der Waals surface area contributed by atoms with Gasteiger partial charge in [-0.3, -0.25) is 0 Å². The lowest BCUT2D eigenvalue weighted by Crippen LogP contribution is -2.13. The first-order valence-electron chi connectivity index (χ1n) is 10.0. The number of pyridine rings is 1. The van der Waals surface area contributed by atoms with E-state index in [4.69, 9.17) is 0 Å². The largest absolute Gasteiger partial charge is 0.242 e. The summed E-state index contributed by atoms with van der Waals surface area (Å²) in [5.74, 6) is 6.87. The highest BCUT2D eigenvalue weighted by Gasteiger charge is 2.21. The predicted molar refractivity (Wildman–Crippen MR) is 116 cm³/mol. The highest BCUT2D eigenvalue weighted by Crippen LogP contribution is 2.37. The summed E-state index contributed by atoms with van der Waals surface area (Å²) in [6.07, 6.45) is 10.7. The third kappa shape index (κ3) is 5.58. The number of aliphatic imine (C=N–C) groups is 1. The third-order valence-corrected chi connectivity index (χ3v) is 5.61. The maximum Gasteiger partial charge on any atom is 0.159 e. The van der Waals surface area contributed by atoms with E-state index in [1.54, 1.807) is 0 Å². The second kappa shape index (κ2) is 10.3. The van der Waals surface area contributed by atoms with Crippen molar-refractivity contribution in [3.63, 3.8) is 0 Å². The summed E-state index contributed by atoms with van der Waals surface area (Å²) < 4.78 is 14.0. The second-order valence-electron chi connectivity index (χ2n) is 7.46. The fraction of sp³-hybridized carbons (Fsp3) is 0.417. The molecule has 144 valence electrons. The second-order valence-corrected chi connectivity index (χ2v) is 7.64. The van der Waals surface area contributed by atoms with E-state index < -0.39 is 5.82 Å². The smallest absolute Gasteiger partial charge is 0.159 e. The zero-order valence-corrected chi connectivity index (χ0v) is 17.1. The molecule has 0 aliphatic heterocycles. The molecular formula is C24H25FN2S. The third-order valence-electron chi connectivity index (χ3n) is 5.52. The molecule has 1 aromatic carbocycles. The molecule has 0 spiro atoms. The minimum Gasteiger partial charge on any atom is -0.242 e. The van der Waals surface area contributed by atoms with Crippen LogP contribution in [0.15, 0.2) is 41.5 Å². The van der Waals surface area contributed by atoms with Crippen LogP contribution in [-0.4, -0.2) is 10.1 Å². The molecule has 0 amide bonds. The first-order chi connectivity index (χ1) is 13.7. The van der Waals surface area contributed by atoms with Gasteiger partial charge in [0, 0.05) is 11.6 Å². The van der Waals surface area contributed by atoms with Gasteiger partial charge in [0.05, 0.1) is 17.0 Å². The summed E-state index contributed by atoms with van der Waals surface area (Å²) in [6.45, 7) is 2.27. The first kappa shape index (κ1) is 20.4. The van der Waals surface area contributed by atoms with Gasteiger partial charge in [0.25, 0.3) is 0 Å². The van der Waals surface area contributed by atoms with Gasteiger partial charge in [-0.1, -0.05) is 44.2 Å². The van der Waals surface area contributed by atoms with Crippen LogP contribution in [0.2, 0.25) is 0 Å². The number of thiocarbonyl (C=S) groups is 1. The van der Waals surface area contributed by atoms with Gasteiger partial charge in [-0.15, -0.1) is 0 Å². The van der Waals surface area contributed by atoms with Crippen LogP contribution < -0.4 is 0 Å². The number of benzene rings is 1. The monoisotopic (exact) mass is 392 g/mol. The molecule has 2 nitrogen and oxygen atoms in total. The first-order valence-corrected chi connectivity index (χ1v) is 10.5. The van der Waals surface area contributed by atoms with E-state index in [0.717, 1.165) is 11.5 Å². The summed E-state index contributed by atoms with van der Waals surface area (Å²) in [5.41, 5.74) is 2.71. The Balaban J connectivity index is 1.61. The molecule has 3 rings (SSSR count). The van der Waals surface area contributed by atoms with Gasteiger partial charge in [-0.25, -0.2) is 9.37 Å². The molecule has 28 heavy (non-hydrogen) atoms. The van der Waals surface area contributed by atoms with Crippen molar-refractivity contribution in [2.75, 3.05) is 0 Å². The van der Waals surface area contributed by atoms with Crippen LogP contribution in [-0.2, 0) is 0 Å². The molecule has 0 radical (unpaired) electrons. The molecule has 0 unspecified atom stereocenters. The van der Waals surface area contributed by atoms with Crippen LogP contribution >= 0.6 is 12.2 Å². The molecular weight excluding hydrogens is 367 g/mol. The van der Waals surface area contributed by atoms with Crippen molar-refractivity contribution in [1.82, 2.24) is 4.98 Å². The van der Waals surface area contributed by atoms with Gasteiger partial charge in [0.2, 0.25) is 0 Å². The number of hydrogen-bond acceptors (Lipinski definition) is 3. The summed E-state index contributed by atoms with van der Waals surface area (Å²) in [4.78, 5) is 7.72. The van der Waals surface area contributed by atoms with Crippen LogP contribution in [0, 0.1) is 23.6 Å². The Bertz CT molecular complexity index is 896. The molecule has 0 N–H and O–H groups in total. The molecule has 0 saturated heterocycles. The van der Waals surface area contributed by atoms with Crippen LogP contribution in [0.4, 0.5) is 10.1 Å². The topological polar surface area (TPSA) is 25.2 Å². The molecule has 0 bridgehead atoms. The highest BCUT2D eigenvalue weighted by molar-refractivity contribution is 7.78. The van der Waals surface area contributed by atoms with Crippen molar-refractivity contribution >= 4 is 23.1 Å². The Morgan fingerprint density at radius 1 is 1.14 bits per heavy atom. The van der Waals surface area contributed by atoms with Gasteiger partial charge >= 0.3 is 0 Å². The van der Waals surface area contributed by atoms with E-state index in [1.165, 1.54) is 62.8 Å². The fourth-order valence-electron chi connectivity index (χ4n) is 3.88. The van der Waals surface area contributed by atoms with E-state index in [-0.39, 0.29) is 5.69 Å². The van der Waals surface area contributed by atoms with Crippen molar-refractivity contribution in [2.45, 2.75) is 57.8 Å². The SMILES string of the molecule is CCCCC1CCC(c2ccc(C#Cc3ncc(N=C=S)cc3F)cc2)CC1. The van der Waals surface area contributed by atoms with Crippen molar-refractivity contribution in [3.8, 4) is 11.8 Å². The van der Waals surface area contributed by atoms with Crippen LogP contribution in [0.25, 0.3) is 0 Å². The average molecular weight is 393 g/mol. The molecule has 1 aliphatic carbocycles. The minimum absolute atomic E-state index is 0.109. The van der Waals surface area contributed by atoms with Gasteiger partial charge in [0.15, 0.2) is 5.82 Å². The Hall–Kier alpha value is -2.34. The zero-order chi connectivity index (χ0) is 19.8. The van der Waals surface area contributed by atoms with Gasteiger partial charge in [-0.05, 0) is 73.4 Å². The molecule has 1 heterocycles. The van der Waals surface area contributed by atoms with E-state index in [2.05, 4.69) is 58.3 Å². The molecule has 2 aromatic rings. The Morgan fingerprint density at radius 2 is 1.89 bits per heavy atom. The molecule has 1 aromatic heterocycles. The lowest BCUT2D eigenvalue weighted by molar-refractivity contribution is 0.304. The molecule has 1 aliphatic rings. The van der Waals surface area contributed by atoms with E-state index in [0.29, 0.717) is 11.6 Å². The summed E-state index contributed by atoms with van der Waals surface area (Å²) in [5, 5.41) is 2.20. The van der Waals surface area contributed by atoms with Crippen molar-refractivity contribution in [3.05, 3.63) is 59.2 Å². The maximum absolute atomic E-state index is 14.0. The van der Waals surface area contributed by atoms with Crippen molar-refractivity contribution < 1.29 is 4.39 Å². The summed E-state index contributed by atoms with van der Waals surface area (Å²) in [6, 6.07) is 9.64. The fourth-order valence-corrected chi connectivity index (χ4v) is 3.99. The van der Waals surface area contributed by atoms with Gasteiger partial charge in [0.1, 0.15) is 5.69 Å². The standard InChI is InChI=1S/C24H25FN2S/c1-2-3-4-18-5-10-20(11-6-18)21-12-7-19(8-13-21)9-14-24-23(25)15-22(16-26-24)27-17-28/h7-8,12-13,15-16,18,20H,2-6,10-11H2,1H3. The van der Waals surface area contributed by atoms with Crippen LogP contribution in [0.5, 0.6) is 0 Å². The minimum atomic E-state index is -0.504. The quantitative estimate of drug-likeness (QED) is 0.317. The van der Waals surface area contributed by atoms with Gasteiger partial charge < -0.3 is 0 Å². The Kier molecular flexibility index (Phi) is 7.48. The predicted octanol–water partition coefficient (Wildman–Crippen LogP) is 6.82. The van der Waals surface area contributed by atoms with Gasteiger partial charge in [-0.2, -0.15) is 4.99 Å². The Morgan fingerprint density at radius 3 is 2.54 bits per heavy atom. The number of hydrogen-bond donors (Lipinski definition) is 0. The maximum atomic E-state index is 14.0. The normalized spacial score (nSPS) is 18.6. The summed E-state index contributed by atoms with van der Waals surface area (Å²) >= 11 is 4.51. The highest BCUT2D eigenvalue weighted by atomic mass is 32.1. The van der Waals surface area contributed by atoms with E-state index in [1.807, 2.05) is 12.1 Å². The van der Waals surface area contributed by atoms with Crippen molar-refractivity contribution in [1.29, 1.82) is 0 Å². The number of rotatable bonds is 5. The van der Waals surface area contributed by atoms with Crippen LogP contribution in [0.1, 0.15) is 74.6 Å². The zero-order valence-electron chi connectivity index (χ0n) is 16.2. The lowest BCUT2D eigenvalue weighted by atomic mass is 9.77. The molecule has 1 saturated carbocycles. The molecule has 0 atom stereocenters. The number of isothiocyanates is 1. The average Bonchev–Trinajstić information content (AvgIpc) is 2.73. The van der Waals surface area contributed by atoms with Crippen LogP contribution in [0.3, 0.4) is 0 Å². The molecule has 4 heteroatoms.